The van der Waals surface area contributed by atoms with Gasteiger partial charge in [-0.3, -0.25) is 4.68 Å². The van der Waals surface area contributed by atoms with Crippen LogP contribution in [-0.4, -0.2) is 15.1 Å². The molecule has 0 bridgehead atoms. The highest BCUT2D eigenvalue weighted by Crippen LogP contribution is 2.61. The van der Waals surface area contributed by atoms with Gasteiger partial charge < -0.3 is 0 Å². The first-order chi connectivity index (χ1) is 9.28. The maximum atomic E-state index is 4.88. The molecule has 3 aliphatic carbocycles. The summed E-state index contributed by atoms with van der Waals surface area (Å²) in [6.45, 7) is 0. The van der Waals surface area contributed by atoms with Gasteiger partial charge in [0.05, 0.1) is 11.7 Å². The molecule has 1 heterocycles. The molecule has 0 aromatic carbocycles. The molecule has 3 fully saturated rings. The molecular weight excluding hydrogens is 300 g/mol. The molecule has 0 saturated heterocycles. The predicted molar refractivity (Wildman–Crippen MR) is 80.5 cm³/mol. The molecule has 3 aliphatic rings. The number of nitrogens with zero attached hydrogens (tertiary/aromatic N) is 2. The average Bonchev–Trinajstić information content (AvgIpc) is 2.90. The summed E-state index contributed by atoms with van der Waals surface area (Å²) >= 11 is 3.78. The molecule has 19 heavy (non-hydrogen) atoms. The Labute approximate surface area is 124 Å². The summed E-state index contributed by atoms with van der Waals surface area (Å²) in [4.78, 5) is 0. The molecular formula is C16H23BrN2. The Balaban J connectivity index is 1.47. The first-order valence-electron chi connectivity index (χ1n) is 7.88. The average molecular weight is 323 g/mol. The minimum absolute atomic E-state index is 0.516. The van der Waals surface area contributed by atoms with Crippen molar-refractivity contribution in [3.63, 3.8) is 0 Å². The van der Waals surface area contributed by atoms with Crippen LogP contribution in [0.15, 0.2) is 12.3 Å². The monoisotopic (exact) mass is 322 g/mol. The number of halogens is 1. The summed E-state index contributed by atoms with van der Waals surface area (Å²) in [5.41, 5.74) is 1.84. The molecule has 104 valence electrons. The molecule has 3 heteroatoms. The lowest BCUT2D eigenvalue weighted by Crippen LogP contribution is -2.24. The maximum absolute atomic E-state index is 4.88. The lowest BCUT2D eigenvalue weighted by molar-refractivity contribution is 0.303. The summed E-state index contributed by atoms with van der Waals surface area (Å²) in [5.74, 6) is 2.10. The Bertz CT molecular complexity index is 451. The smallest absolute Gasteiger partial charge is 0.0630 e. The fraction of sp³-hybridized carbons (Fsp3) is 0.812. The van der Waals surface area contributed by atoms with Gasteiger partial charge in [-0.25, -0.2) is 0 Å². The van der Waals surface area contributed by atoms with Gasteiger partial charge in [0.25, 0.3) is 0 Å². The lowest BCUT2D eigenvalue weighted by Gasteiger charge is -2.27. The van der Waals surface area contributed by atoms with E-state index in [0.29, 0.717) is 11.5 Å². The second kappa shape index (κ2) is 4.61. The van der Waals surface area contributed by atoms with E-state index in [2.05, 4.69) is 32.9 Å². The molecule has 0 N–H and O–H groups in total. The quantitative estimate of drug-likeness (QED) is 0.753. The fourth-order valence-electron chi connectivity index (χ4n) is 4.53. The van der Waals surface area contributed by atoms with E-state index in [1.165, 1.54) is 57.1 Å². The number of hydrogen-bond donors (Lipinski definition) is 0. The molecule has 0 radical (unpaired) electrons. The highest BCUT2D eigenvalue weighted by Gasteiger charge is 2.53. The first-order valence-corrected chi connectivity index (χ1v) is 9.00. The fourth-order valence-corrected chi connectivity index (χ4v) is 5.19. The van der Waals surface area contributed by atoms with Crippen LogP contribution in [0, 0.1) is 17.3 Å². The maximum Gasteiger partial charge on any atom is 0.0630 e. The summed E-state index contributed by atoms with van der Waals surface area (Å²) in [6.07, 6.45) is 13.2. The molecule has 4 rings (SSSR count). The second-order valence-corrected chi connectivity index (χ2v) is 7.76. The third-order valence-corrected chi connectivity index (χ3v) is 6.85. The largest absolute Gasteiger partial charge is 0.269 e. The van der Waals surface area contributed by atoms with Gasteiger partial charge in [0, 0.05) is 11.5 Å². The van der Waals surface area contributed by atoms with Gasteiger partial charge in [0.15, 0.2) is 0 Å². The van der Waals surface area contributed by atoms with Gasteiger partial charge in [0.2, 0.25) is 0 Å². The topological polar surface area (TPSA) is 17.8 Å². The predicted octanol–water partition coefficient (Wildman–Crippen LogP) is 4.35. The van der Waals surface area contributed by atoms with Crippen molar-refractivity contribution in [1.29, 1.82) is 0 Å². The van der Waals surface area contributed by atoms with Gasteiger partial charge in [-0.2, -0.15) is 5.10 Å². The van der Waals surface area contributed by atoms with Crippen molar-refractivity contribution in [1.82, 2.24) is 9.78 Å². The van der Waals surface area contributed by atoms with Crippen LogP contribution in [0.1, 0.15) is 56.7 Å². The highest BCUT2D eigenvalue weighted by molar-refractivity contribution is 9.09. The van der Waals surface area contributed by atoms with E-state index in [-0.39, 0.29) is 0 Å². The van der Waals surface area contributed by atoms with Crippen LogP contribution < -0.4 is 0 Å². The highest BCUT2D eigenvalue weighted by atomic mass is 79.9. The summed E-state index contributed by atoms with van der Waals surface area (Å²) in [6, 6.07) is 2.96. The van der Waals surface area contributed by atoms with E-state index in [0.717, 1.165) is 17.2 Å². The Morgan fingerprint density at radius 3 is 2.68 bits per heavy atom. The summed E-state index contributed by atoms with van der Waals surface area (Å²) in [5, 5.41) is 6.04. The molecule has 1 aromatic rings. The molecule has 1 aromatic heterocycles. The number of aromatic nitrogens is 2. The standard InChI is InChI=1S/C16H23BrN2/c17-11-16(8-12-7-13(12)9-16)10-14-5-6-19(18-14)15-3-1-2-4-15/h5-6,12-13,15H,1-4,7-11H2. The summed E-state index contributed by atoms with van der Waals surface area (Å²) in [7, 11) is 0. The van der Waals surface area contributed by atoms with Crippen LogP contribution in [0.5, 0.6) is 0 Å². The van der Waals surface area contributed by atoms with Crippen molar-refractivity contribution in [2.75, 3.05) is 5.33 Å². The molecule has 2 unspecified atom stereocenters. The van der Waals surface area contributed by atoms with Crippen LogP contribution in [0.25, 0.3) is 0 Å². The Morgan fingerprint density at radius 1 is 1.26 bits per heavy atom. The van der Waals surface area contributed by atoms with Crippen LogP contribution >= 0.6 is 15.9 Å². The van der Waals surface area contributed by atoms with E-state index in [1.807, 2.05) is 0 Å². The van der Waals surface area contributed by atoms with E-state index in [9.17, 15) is 0 Å². The van der Waals surface area contributed by atoms with E-state index in [1.54, 1.807) is 0 Å². The zero-order valence-corrected chi connectivity index (χ0v) is 13.1. The number of hydrogen-bond acceptors (Lipinski definition) is 1. The molecule has 2 atom stereocenters. The first kappa shape index (κ1) is 12.4. The van der Waals surface area contributed by atoms with Crippen LogP contribution in [0.3, 0.4) is 0 Å². The lowest BCUT2D eigenvalue weighted by atomic mass is 9.81. The van der Waals surface area contributed by atoms with Crippen LogP contribution in [0.2, 0.25) is 0 Å². The number of rotatable bonds is 4. The minimum atomic E-state index is 0.516. The second-order valence-electron chi connectivity index (χ2n) is 7.20. The molecule has 0 spiro atoms. The number of alkyl halides is 1. The molecule has 2 nitrogen and oxygen atoms in total. The van der Waals surface area contributed by atoms with Crippen molar-refractivity contribution in [2.45, 2.75) is 57.4 Å². The minimum Gasteiger partial charge on any atom is -0.269 e. The summed E-state index contributed by atoms with van der Waals surface area (Å²) < 4.78 is 2.25. The van der Waals surface area contributed by atoms with Gasteiger partial charge in [0.1, 0.15) is 0 Å². The third kappa shape index (κ3) is 2.28. The Morgan fingerprint density at radius 2 is 2.00 bits per heavy atom. The van der Waals surface area contributed by atoms with E-state index < -0.39 is 0 Å². The van der Waals surface area contributed by atoms with E-state index in [4.69, 9.17) is 5.10 Å². The molecule has 3 saturated carbocycles. The van der Waals surface area contributed by atoms with Crippen LogP contribution in [-0.2, 0) is 6.42 Å². The van der Waals surface area contributed by atoms with Crippen LogP contribution in [0.4, 0.5) is 0 Å². The van der Waals surface area contributed by atoms with Crippen molar-refractivity contribution < 1.29 is 0 Å². The normalized spacial score (nSPS) is 37.7. The van der Waals surface area contributed by atoms with Gasteiger partial charge in [-0.15, -0.1) is 0 Å². The van der Waals surface area contributed by atoms with Crippen molar-refractivity contribution in [3.8, 4) is 0 Å². The van der Waals surface area contributed by atoms with E-state index >= 15 is 0 Å². The van der Waals surface area contributed by atoms with Crippen molar-refractivity contribution in [2.24, 2.45) is 17.3 Å². The van der Waals surface area contributed by atoms with Crippen molar-refractivity contribution >= 4 is 15.9 Å². The zero-order valence-electron chi connectivity index (χ0n) is 11.5. The molecule has 0 amide bonds. The SMILES string of the molecule is BrCC1(Cc2ccn(C3CCCC3)n2)CC2CC2C1. The third-order valence-electron chi connectivity index (χ3n) is 5.66. The van der Waals surface area contributed by atoms with Gasteiger partial charge in [-0.1, -0.05) is 28.8 Å². The zero-order chi connectivity index (χ0) is 12.9. The Hall–Kier alpha value is -0.310. The van der Waals surface area contributed by atoms with Gasteiger partial charge >= 0.3 is 0 Å². The number of fused-ring (bicyclic) bond motifs is 1. The molecule has 0 aliphatic heterocycles. The Kier molecular flexibility index (Phi) is 3.02. The van der Waals surface area contributed by atoms with Gasteiger partial charge in [-0.05, 0) is 61.8 Å². The van der Waals surface area contributed by atoms with Crippen molar-refractivity contribution in [3.05, 3.63) is 18.0 Å².